The molecule has 0 unspecified atom stereocenters. The van der Waals surface area contributed by atoms with Crippen LogP contribution in [0.3, 0.4) is 0 Å². The van der Waals surface area contributed by atoms with Crippen molar-refractivity contribution in [2.75, 3.05) is 0 Å². The third-order valence-corrected chi connectivity index (χ3v) is 2.45. The lowest BCUT2D eigenvalue weighted by atomic mass is 9.99. The number of hydrogen-bond acceptors (Lipinski definition) is 2. The first-order valence-corrected chi connectivity index (χ1v) is 5.15. The minimum atomic E-state index is -4.53. The summed E-state index contributed by atoms with van der Waals surface area (Å²) < 4.78 is 38.2. The number of nitrogens with zero attached hydrogens (tertiary/aromatic N) is 1. The van der Waals surface area contributed by atoms with Crippen LogP contribution in [0.25, 0.3) is 0 Å². The third kappa shape index (κ3) is 2.58. The Balaban J connectivity index is 2.31. The number of ketones is 1. The van der Waals surface area contributed by atoms with Crippen molar-refractivity contribution in [1.29, 1.82) is 0 Å². The highest BCUT2D eigenvalue weighted by molar-refractivity contribution is 5.98. The predicted octanol–water partition coefficient (Wildman–Crippen LogP) is 2.85. The zero-order chi connectivity index (χ0) is 13.2. The second-order valence-corrected chi connectivity index (χ2v) is 3.75. The molecule has 0 atom stereocenters. The van der Waals surface area contributed by atoms with Gasteiger partial charge in [0, 0.05) is 18.2 Å². The van der Waals surface area contributed by atoms with Gasteiger partial charge in [-0.05, 0) is 11.6 Å². The van der Waals surface area contributed by atoms with Crippen LogP contribution in [-0.4, -0.2) is 16.0 Å². The molecule has 94 valence electrons. The second kappa shape index (κ2) is 4.64. The summed E-state index contributed by atoms with van der Waals surface area (Å²) in [6, 6.07) is 4.77. The third-order valence-electron chi connectivity index (χ3n) is 2.45. The van der Waals surface area contributed by atoms with E-state index in [0.717, 1.165) is 6.07 Å². The molecule has 1 aromatic carbocycles. The number of aromatic amines is 1. The van der Waals surface area contributed by atoms with E-state index in [1.807, 2.05) is 0 Å². The molecular formula is C12H9F3N2O. The van der Waals surface area contributed by atoms with Crippen molar-refractivity contribution in [2.24, 2.45) is 0 Å². The lowest BCUT2D eigenvalue weighted by Crippen LogP contribution is -2.14. The summed E-state index contributed by atoms with van der Waals surface area (Å²) in [6.45, 7) is 0. The average molecular weight is 254 g/mol. The molecule has 0 amide bonds. The van der Waals surface area contributed by atoms with Gasteiger partial charge in [0.1, 0.15) is 0 Å². The van der Waals surface area contributed by atoms with E-state index in [1.54, 1.807) is 0 Å². The largest absolute Gasteiger partial charge is 0.417 e. The molecule has 0 aliphatic carbocycles. The number of Topliss-reactive ketones (excluding diaryl/α,β-unsaturated/α-hetero) is 1. The highest BCUT2D eigenvalue weighted by Crippen LogP contribution is 2.32. The maximum Gasteiger partial charge on any atom is 0.417 e. The van der Waals surface area contributed by atoms with Gasteiger partial charge in [-0.15, -0.1) is 0 Å². The van der Waals surface area contributed by atoms with Crippen LogP contribution in [0, 0.1) is 0 Å². The maximum atomic E-state index is 12.7. The first kappa shape index (κ1) is 12.3. The molecule has 1 N–H and O–H groups in total. The monoisotopic (exact) mass is 254 g/mol. The Morgan fingerprint density at radius 1 is 1.28 bits per heavy atom. The number of halogens is 3. The number of carbonyl (C=O) groups is 1. The molecule has 0 fully saturated rings. The normalized spacial score (nSPS) is 11.5. The van der Waals surface area contributed by atoms with Crippen LogP contribution in [0.15, 0.2) is 36.7 Å². The van der Waals surface area contributed by atoms with Crippen LogP contribution in [0.4, 0.5) is 13.2 Å². The topological polar surface area (TPSA) is 45.8 Å². The Bertz CT molecular complexity index is 547. The number of H-pyrrole nitrogens is 1. The highest BCUT2D eigenvalue weighted by atomic mass is 19.4. The number of nitrogens with one attached hydrogen (secondary N) is 1. The lowest BCUT2D eigenvalue weighted by molar-refractivity contribution is -0.137. The fraction of sp³-hybridized carbons (Fsp3) is 0.167. The Morgan fingerprint density at radius 3 is 2.61 bits per heavy atom. The van der Waals surface area contributed by atoms with Crippen LogP contribution >= 0.6 is 0 Å². The maximum absolute atomic E-state index is 12.7. The molecule has 0 aliphatic heterocycles. The van der Waals surface area contributed by atoms with Gasteiger partial charge >= 0.3 is 6.18 Å². The summed E-state index contributed by atoms with van der Waals surface area (Å²) in [7, 11) is 0. The van der Waals surface area contributed by atoms with E-state index in [-0.39, 0.29) is 12.0 Å². The van der Waals surface area contributed by atoms with Crippen molar-refractivity contribution in [2.45, 2.75) is 12.6 Å². The quantitative estimate of drug-likeness (QED) is 0.856. The SMILES string of the molecule is O=C(Cc1cn[nH]c1)c1ccccc1C(F)(F)F. The molecule has 0 radical (unpaired) electrons. The van der Waals surface area contributed by atoms with E-state index < -0.39 is 17.5 Å². The molecule has 2 aromatic rings. The Hall–Kier alpha value is -2.11. The molecule has 3 nitrogen and oxygen atoms in total. The van der Waals surface area contributed by atoms with Crippen LogP contribution in [0.2, 0.25) is 0 Å². The van der Waals surface area contributed by atoms with Crippen LogP contribution in [0.1, 0.15) is 21.5 Å². The number of alkyl halides is 3. The van der Waals surface area contributed by atoms with Crippen molar-refractivity contribution >= 4 is 5.78 Å². The summed E-state index contributed by atoms with van der Waals surface area (Å²) in [5, 5.41) is 6.15. The molecule has 6 heteroatoms. The summed E-state index contributed by atoms with van der Waals surface area (Å²) >= 11 is 0. The average Bonchev–Trinajstić information content (AvgIpc) is 2.80. The van der Waals surface area contributed by atoms with Gasteiger partial charge in [0.05, 0.1) is 11.8 Å². The van der Waals surface area contributed by atoms with Crippen LogP contribution in [-0.2, 0) is 12.6 Å². The standard InChI is InChI=1S/C12H9F3N2O/c13-12(14,15)10-4-2-1-3-9(10)11(18)5-8-6-16-17-7-8/h1-4,6-7H,5H2,(H,16,17). The molecule has 1 aromatic heterocycles. The van der Waals surface area contributed by atoms with E-state index in [0.29, 0.717) is 5.56 Å². The highest BCUT2D eigenvalue weighted by Gasteiger charge is 2.34. The van der Waals surface area contributed by atoms with Crippen LogP contribution < -0.4 is 0 Å². The lowest BCUT2D eigenvalue weighted by Gasteiger charge is -2.11. The van der Waals surface area contributed by atoms with E-state index in [1.165, 1.54) is 30.6 Å². The molecule has 0 bridgehead atoms. The van der Waals surface area contributed by atoms with Crippen molar-refractivity contribution in [1.82, 2.24) is 10.2 Å². The van der Waals surface area contributed by atoms with Gasteiger partial charge in [-0.1, -0.05) is 18.2 Å². The van der Waals surface area contributed by atoms with E-state index in [9.17, 15) is 18.0 Å². The summed E-state index contributed by atoms with van der Waals surface area (Å²) in [5.74, 6) is -0.579. The van der Waals surface area contributed by atoms with Gasteiger partial charge in [0.25, 0.3) is 0 Å². The van der Waals surface area contributed by atoms with Crippen molar-refractivity contribution in [3.05, 3.63) is 53.3 Å². The molecule has 0 aliphatic rings. The summed E-state index contributed by atoms with van der Waals surface area (Å²) in [6.07, 6.45) is -1.74. The number of benzene rings is 1. The first-order valence-electron chi connectivity index (χ1n) is 5.15. The van der Waals surface area contributed by atoms with E-state index >= 15 is 0 Å². The zero-order valence-electron chi connectivity index (χ0n) is 9.16. The van der Waals surface area contributed by atoms with Gasteiger partial charge in [0.15, 0.2) is 5.78 Å². The van der Waals surface area contributed by atoms with E-state index in [2.05, 4.69) is 10.2 Å². The van der Waals surface area contributed by atoms with Crippen molar-refractivity contribution < 1.29 is 18.0 Å². The second-order valence-electron chi connectivity index (χ2n) is 3.75. The molecule has 2 rings (SSSR count). The number of aromatic nitrogens is 2. The zero-order valence-corrected chi connectivity index (χ0v) is 9.16. The summed E-state index contributed by atoms with van der Waals surface area (Å²) in [5.41, 5.74) is -0.665. The molecule has 0 saturated carbocycles. The minimum absolute atomic E-state index is 0.108. The van der Waals surface area contributed by atoms with Gasteiger partial charge in [-0.25, -0.2) is 0 Å². The fourth-order valence-corrected chi connectivity index (χ4v) is 1.63. The molecule has 1 heterocycles. The fourth-order valence-electron chi connectivity index (χ4n) is 1.63. The van der Waals surface area contributed by atoms with E-state index in [4.69, 9.17) is 0 Å². The smallest absolute Gasteiger partial charge is 0.294 e. The molecular weight excluding hydrogens is 245 g/mol. The molecule has 18 heavy (non-hydrogen) atoms. The van der Waals surface area contributed by atoms with Crippen molar-refractivity contribution in [3.63, 3.8) is 0 Å². The predicted molar refractivity (Wildman–Crippen MR) is 58.1 cm³/mol. The Labute approximate surface area is 101 Å². The molecule has 0 spiro atoms. The van der Waals surface area contributed by atoms with Gasteiger partial charge in [0.2, 0.25) is 0 Å². The number of carbonyl (C=O) groups excluding carboxylic acids is 1. The van der Waals surface area contributed by atoms with Crippen LogP contribution in [0.5, 0.6) is 0 Å². The minimum Gasteiger partial charge on any atom is -0.294 e. The van der Waals surface area contributed by atoms with Gasteiger partial charge in [-0.3, -0.25) is 9.89 Å². The number of hydrogen-bond donors (Lipinski definition) is 1. The van der Waals surface area contributed by atoms with Gasteiger partial charge in [-0.2, -0.15) is 18.3 Å². The first-order chi connectivity index (χ1) is 8.48. The Kier molecular flexibility index (Phi) is 3.18. The van der Waals surface area contributed by atoms with Gasteiger partial charge < -0.3 is 0 Å². The number of rotatable bonds is 3. The Morgan fingerprint density at radius 2 is 2.00 bits per heavy atom. The summed E-state index contributed by atoms with van der Waals surface area (Å²) in [4.78, 5) is 11.8. The van der Waals surface area contributed by atoms with Crippen molar-refractivity contribution in [3.8, 4) is 0 Å². The molecule has 0 saturated heterocycles.